The molecule has 5 heteroatoms. The molecule has 3 nitrogen and oxygen atoms in total. The zero-order valence-electron chi connectivity index (χ0n) is 10.6. The summed E-state index contributed by atoms with van der Waals surface area (Å²) in [5.41, 5.74) is 6.39. The zero-order valence-corrected chi connectivity index (χ0v) is 12.1. The molecule has 0 aliphatic carbocycles. The monoisotopic (exact) mass is 290 g/mol. The smallest absolute Gasteiger partial charge is 0.222 e. The molecule has 0 fully saturated rings. The fourth-order valence-corrected chi connectivity index (χ4v) is 1.82. The Morgan fingerprint density at radius 1 is 1.39 bits per heavy atom. The topological polar surface area (TPSA) is 46.3 Å². The highest BCUT2D eigenvalue weighted by atomic mass is 35.5. The van der Waals surface area contributed by atoms with Crippen molar-refractivity contribution in [2.45, 2.75) is 26.3 Å². The second-order valence-electron chi connectivity index (χ2n) is 3.89. The Balaban J connectivity index is 0.00000289. The maximum atomic E-state index is 11.9. The lowest BCUT2D eigenvalue weighted by Crippen LogP contribution is -2.30. The molecule has 1 amide bonds. The lowest BCUT2D eigenvalue weighted by Gasteiger charge is -2.21. The van der Waals surface area contributed by atoms with Gasteiger partial charge in [-0.15, -0.1) is 12.4 Å². The van der Waals surface area contributed by atoms with Gasteiger partial charge in [0, 0.05) is 24.5 Å². The van der Waals surface area contributed by atoms with E-state index in [-0.39, 0.29) is 18.3 Å². The van der Waals surface area contributed by atoms with Crippen molar-refractivity contribution in [2.75, 3.05) is 13.1 Å². The van der Waals surface area contributed by atoms with Crippen LogP contribution in [0.5, 0.6) is 0 Å². The Morgan fingerprint density at radius 3 is 2.61 bits per heavy atom. The van der Waals surface area contributed by atoms with Crippen molar-refractivity contribution in [3.05, 3.63) is 34.9 Å². The van der Waals surface area contributed by atoms with E-state index in [1.807, 2.05) is 31.2 Å². The number of halogens is 2. The highest BCUT2D eigenvalue weighted by Crippen LogP contribution is 2.17. The molecule has 0 aromatic heterocycles. The van der Waals surface area contributed by atoms with E-state index in [9.17, 15) is 4.79 Å². The molecule has 0 heterocycles. The molecule has 102 valence electrons. The number of nitrogens with zero attached hydrogens (tertiary/aromatic N) is 1. The van der Waals surface area contributed by atoms with E-state index in [4.69, 9.17) is 17.3 Å². The van der Waals surface area contributed by atoms with Crippen LogP contribution in [0.4, 0.5) is 0 Å². The number of carbonyl (C=O) groups excluding carboxylic acids is 1. The highest BCUT2D eigenvalue weighted by Gasteiger charge is 2.12. The lowest BCUT2D eigenvalue weighted by molar-refractivity contribution is -0.131. The van der Waals surface area contributed by atoms with Gasteiger partial charge in [0.05, 0.1) is 0 Å². The highest BCUT2D eigenvalue weighted by molar-refractivity contribution is 6.31. The van der Waals surface area contributed by atoms with Crippen molar-refractivity contribution >= 4 is 29.9 Å². The molecule has 1 rings (SSSR count). The summed E-state index contributed by atoms with van der Waals surface area (Å²) in [5, 5.41) is 0.706. The Bertz CT molecular complexity index is 372. The van der Waals surface area contributed by atoms with Crippen LogP contribution in [0.2, 0.25) is 5.02 Å². The summed E-state index contributed by atoms with van der Waals surface area (Å²) in [6.07, 6.45) is 1.24. The van der Waals surface area contributed by atoms with E-state index < -0.39 is 0 Å². The van der Waals surface area contributed by atoms with Crippen molar-refractivity contribution in [3.63, 3.8) is 0 Å². The van der Waals surface area contributed by atoms with E-state index in [0.29, 0.717) is 31.1 Å². The SMILES string of the molecule is CCN(Cc1ccccc1Cl)C(=O)CCCN.Cl. The molecule has 18 heavy (non-hydrogen) atoms. The summed E-state index contributed by atoms with van der Waals surface area (Å²) in [6.45, 7) is 3.78. The molecule has 0 aliphatic rings. The minimum absolute atomic E-state index is 0. The van der Waals surface area contributed by atoms with Gasteiger partial charge >= 0.3 is 0 Å². The van der Waals surface area contributed by atoms with Gasteiger partial charge in [0.15, 0.2) is 0 Å². The first-order chi connectivity index (χ1) is 8.19. The van der Waals surface area contributed by atoms with Crippen LogP contribution in [0, 0.1) is 0 Å². The second kappa shape index (κ2) is 9.20. The minimum atomic E-state index is 0. The molecule has 1 aromatic carbocycles. The van der Waals surface area contributed by atoms with Gasteiger partial charge < -0.3 is 10.6 Å². The molecule has 0 radical (unpaired) electrons. The largest absolute Gasteiger partial charge is 0.339 e. The van der Waals surface area contributed by atoms with Crippen LogP contribution in [0.25, 0.3) is 0 Å². The maximum absolute atomic E-state index is 11.9. The van der Waals surface area contributed by atoms with Gasteiger partial charge in [0.2, 0.25) is 5.91 Å². The number of carbonyl (C=O) groups is 1. The minimum Gasteiger partial charge on any atom is -0.339 e. The van der Waals surface area contributed by atoms with E-state index in [1.165, 1.54) is 0 Å². The number of hydrogen-bond acceptors (Lipinski definition) is 2. The molecular formula is C13H20Cl2N2O. The molecule has 0 spiro atoms. The Kier molecular flexibility index (Phi) is 8.81. The molecule has 0 atom stereocenters. The predicted molar refractivity (Wildman–Crippen MR) is 78.1 cm³/mol. The molecule has 0 unspecified atom stereocenters. The van der Waals surface area contributed by atoms with Gasteiger partial charge in [-0.3, -0.25) is 4.79 Å². The summed E-state index contributed by atoms with van der Waals surface area (Å²) in [5.74, 6) is 0.137. The fraction of sp³-hybridized carbons (Fsp3) is 0.462. The third-order valence-corrected chi connectivity index (χ3v) is 3.02. The number of rotatable bonds is 6. The normalized spacial score (nSPS) is 9.72. The molecule has 1 aromatic rings. The third kappa shape index (κ3) is 5.25. The summed E-state index contributed by atoms with van der Waals surface area (Å²) >= 11 is 6.08. The Morgan fingerprint density at radius 2 is 2.06 bits per heavy atom. The zero-order chi connectivity index (χ0) is 12.7. The van der Waals surface area contributed by atoms with Gasteiger partial charge in [-0.05, 0) is 31.5 Å². The summed E-state index contributed by atoms with van der Waals surface area (Å²) in [6, 6.07) is 7.61. The molecule has 0 saturated carbocycles. The van der Waals surface area contributed by atoms with Gasteiger partial charge in [-0.25, -0.2) is 0 Å². The quantitative estimate of drug-likeness (QED) is 0.876. The first-order valence-electron chi connectivity index (χ1n) is 5.90. The van der Waals surface area contributed by atoms with Gasteiger partial charge in [-0.2, -0.15) is 0 Å². The van der Waals surface area contributed by atoms with E-state index in [0.717, 1.165) is 12.0 Å². The summed E-state index contributed by atoms with van der Waals surface area (Å²) in [7, 11) is 0. The fourth-order valence-electron chi connectivity index (χ4n) is 1.62. The summed E-state index contributed by atoms with van der Waals surface area (Å²) < 4.78 is 0. The van der Waals surface area contributed by atoms with Crippen molar-refractivity contribution in [1.82, 2.24) is 4.90 Å². The standard InChI is InChI=1S/C13H19ClN2O.ClH/c1-2-16(13(17)8-5-9-15)10-11-6-3-4-7-12(11)14;/h3-4,6-7H,2,5,8-10,15H2,1H3;1H. The Labute approximate surface area is 120 Å². The van der Waals surface area contributed by atoms with Crippen molar-refractivity contribution < 1.29 is 4.79 Å². The molecule has 2 N–H and O–H groups in total. The molecular weight excluding hydrogens is 271 g/mol. The van der Waals surface area contributed by atoms with Crippen LogP contribution in [-0.2, 0) is 11.3 Å². The maximum Gasteiger partial charge on any atom is 0.222 e. The third-order valence-electron chi connectivity index (χ3n) is 2.65. The van der Waals surface area contributed by atoms with Crippen molar-refractivity contribution in [1.29, 1.82) is 0 Å². The number of hydrogen-bond donors (Lipinski definition) is 1. The molecule has 0 saturated heterocycles. The van der Waals surface area contributed by atoms with Crippen LogP contribution in [-0.4, -0.2) is 23.9 Å². The molecule has 0 aliphatic heterocycles. The number of nitrogens with two attached hydrogens (primary N) is 1. The first kappa shape index (κ1) is 17.2. The lowest BCUT2D eigenvalue weighted by atomic mass is 10.2. The molecule has 0 bridgehead atoms. The van der Waals surface area contributed by atoms with Crippen LogP contribution in [0.1, 0.15) is 25.3 Å². The van der Waals surface area contributed by atoms with Crippen molar-refractivity contribution in [2.24, 2.45) is 5.73 Å². The predicted octanol–water partition coefficient (Wildman–Crippen LogP) is 2.85. The number of amides is 1. The van der Waals surface area contributed by atoms with Crippen LogP contribution in [0.15, 0.2) is 24.3 Å². The van der Waals surface area contributed by atoms with Gasteiger partial charge in [0.1, 0.15) is 0 Å². The van der Waals surface area contributed by atoms with Gasteiger partial charge in [-0.1, -0.05) is 29.8 Å². The van der Waals surface area contributed by atoms with E-state index >= 15 is 0 Å². The van der Waals surface area contributed by atoms with Crippen molar-refractivity contribution in [3.8, 4) is 0 Å². The van der Waals surface area contributed by atoms with E-state index in [1.54, 1.807) is 4.90 Å². The summed E-state index contributed by atoms with van der Waals surface area (Å²) in [4.78, 5) is 13.7. The van der Waals surface area contributed by atoms with Crippen LogP contribution < -0.4 is 5.73 Å². The van der Waals surface area contributed by atoms with Crippen LogP contribution >= 0.6 is 24.0 Å². The number of benzene rings is 1. The van der Waals surface area contributed by atoms with E-state index in [2.05, 4.69) is 0 Å². The average Bonchev–Trinajstić information content (AvgIpc) is 2.35. The second-order valence-corrected chi connectivity index (χ2v) is 4.30. The van der Waals surface area contributed by atoms with Gasteiger partial charge in [0.25, 0.3) is 0 Å². The Hall–Kier alpha value is -0.770. The first-order valence-corrected chi connectivity index (χ1v) is 6.28. The average molecular weight is 291 g/mol. The van der Waals surface area contributed by atoms with Crippen LogP contribution in [0.3, 0.4) is 0 Å².